The second-order valence-electron chi connectivity index (χ2n) is 8.72. The van der Waals surface area contributed by atoms with Gasteiger partial charge < -0.3 is 10.4 Å². The van der Waals surface area contributed by atoms with Crippen LogP contribution < -0.4 is 5.32 Å². The second kappa shape index (κ2) is 8.58. The number of carbonyl (C=O) groups is 2. The van der Waals surface area contributed by atoms with Crippen LogP contribution in [0.2, 0.25) is 0 Å². The van der Waals surface area contributed by atoms with Gasteiger partial charge in [0, 0.05) is 38.9 Å². The number of aromatic nitrogens is 2. The number of para-hydroxylation sites is 1. The van der Waals surface area contributed by atoms with Crippen LogP contribution in [0.3, 0.4) is 0 Å². The molecule has 4 heterocycles. The first kappa shape index (κ1) is 22.5. The molecule has 6 rings (SSSR count). The van der Waals surface area contributed by atoms with Crippen molar-refractivity contribution in [1.82, 2.24) is 9.78 Å². The van der Waals surface area contributed by atoms with Gasteiger partial charge in [0.25, 0.3) is 0 Å². The predicted octanol–water partition coefficient (Wildman–Crippen LogP) is 6.72. The number of anilines is 1. The number of thiophene rings is 2. The summed E-state index contributed by atoms with van der Waals surface area (Å²) in [5, 5.41) is 20.2. The Morgan fingerprint density at radius 2 is 1.97 bits per heavy atom. The van der Waals surface area contributed by atoms with Gasteiger partial charge >= 0.3 is 5.97 Å². The zero-order valence-corrected chi connectivity index (χ0v) is 21.8. The van der Waals surface area contributed by atoms with Crippen LogP contribution in [-0.2, 0) is 4.79 Å². The third-order valence-corrected chi connectivity index (χ3v) is 9.37. The normalized spacial score (nSPS) is 19.3. The van der Waals surface area contributed by atoms with Gasteiger partial charge in [-0.25, -0.2) is 9.48 Å². The molecule has 0 amide bonds. The molecule has 0 fully saturated rings. The Labute approximate surface area is 218 Å². The van der Waals surface area contributed by atoms with Crippen molar-refractivity contribution in [2.45, 2.75) is 31.6 Å². The number of allylic oxidation sites excluding steroid dienone is 2. The molecular weight excluding hydrogens is 546 g/mol. The van der Waals surface area contributed by atoms with Gasteiger partial charge in [0.2, 0.25) is 0 Å². The molecule has 6 nitrogen and oxygen atoms in total. The topological polar surface area (TPSA) is 84.2 Å². The van der Waals surface area contributed by atoms with E-state index < -0.39 is 5.97 Å². The minimum atomic E-state index is -1.01. The quantitative estimate of drug-likeness (QED) is 0.287. The second-order valence-corrected chi connectivity index (χ2v) is 12.2. The number of Topliss-reactive ketones (excluding diaryl/α,β-unsaturated/α-hetero) is 1. The maximum atomic E-state index is 13.7. The Morgan fingerprint density at radius 1 is 1.14 bits per heavy atom. The Morgan fingerprint density at radius 3 is 2.69 bits per heavy atom. The minimum Gasteiger partial charge on any atom is -0.478 e. The number of halogens is 1. The maximum absolute atomic E-state index is 13.7. The first-order chi connectivity index (χ1) is 16.9. The number of fused-ring (bicyclic) bond motifs is 1. The fourth-order valence-electron chi connectivity index (χ4n) is 5.18. The number of nitrogens with zero attached hydrogens (tertiary/aromatic N) is 2. The predicted molar refractivity (Wildman–Crippen MR) is 141 cm³/mol. The lowest BCUT2D eigenvalue weighted by atomic mass is 9.75. The van der Waals surface area contributed by atoms with E-state index in [0.717, 1.165) is 43.4 Å². The Kier molecular flexibility index (Phi) is 5.51. The van der Waals surface area contributed by atoms with E-state index in [0.29, 0.717) is 12.1 Å². The summed E-state index contributed by atoms with van der Waals surface area (Å²) >= 11 is 6.87. The third kappa shape index (κ3) is 3.69. The van der Waals surface area contributed by atoms with Crippen LogP contribution in [0.15, 0.2) is 69.0 Å². The summed E-state index contributed by atoms with van der Waals surface area (Å²) in [6.07, 6.45) is 1.20. The van der Waals surface area contributed by atoms with Gasteiger partial charge in [-0.15, -0.1) is 22.7 Å². The molecule has 0 unspecified atom stereocenters. The highest BCUT2D eigenvalue weighted by molar-refractivity contribution is 9.11. The van der Waals surface area contributed by atoms with Crippen molar-refractivity contribution in [2.75, 3.05) is 5.32 Å². The monoisotopic (exact) mass is 565 g/mol. The lowest BCUT2D eigenvalue weighted by Crippen LogP contribution is -2.30. The van der Waals surface area contributed by atoms with Crippen LogP contribution in [0.1, 0.15) is 56.0 Å². The highest BCUT2D eigenvalue weighted by Crippen LogP contribution is 2.51. The molecular formula is C26H20BrN3O3S2. The van der Waals surface area contributed by atoms with E-state index in [2.05, 4.69) is 33.4 Å². The van der Waals surface area contributed by atoms with E-state index in [1.807, 2.05) is 30.5 Å². The summed E-state index contributed by atoms with van der Waals surface area (Å²) in [4.78, 5) is 27.9. The van der Waals surface area contributed by atoms with E-state index in [1.165, 1.54) is 4.88 Å². The molecule has 0 bridgehead atoms. The standard InChI is InChI=1S/C26H20BrN3O3S2/c1-13-22-24(20-8-9-21(27)35-20)23-16(11-14(12-18(23)31)19-7-4-10-34-19)28-25(22)30(29-13)17-6-3-2-5-15(17)26(32)33/h2-10,14,24,28H,11-12H2,1H3,(H,32,33)/t14-,24-/m0/s1. The van der Waals surface area contributed by atoms with Crippen LogP contribution in [0, 0.1) is 6.92 Å². The van der Waals surface area contributed by atoms with Crippen LogP contribution >= 0.6 is 38.6 Å². The minimum absolute atomic E-state index is 0.120. The van der Waals surface area contributed by atoms with Gasteiger partial charge in [0.1, 0.15) is 5.82 Å². The molecule has 2 aliphatic rings. The number of hydrogen-bond donors (Lipinski definition) is 2. The number of rotatable bonds is 4. The summed E-state index contributed by atoms with van der Waals surface area (Å²) in [5.74, 6) is -0.267. The molecule has 0 spiro atoms. The molecule has 9 heteroatoms. The van der Waals surface area contributed by atoms with Gasteiger partial charge in [-0.05, 0) is 65.0 Å². The third-order valence-electron chi connectivity index (χ3n) is 6.65. The average Bonchev–Trinajstić information content (AvgIpc) is 3.59. The first-order valence-electron chi connectivity index (χ1n) is 11.2. The number of aryl methyl sites for hydroxylation is 1. The lowest BCUT2D eigenvalue weighted by molar-refractivity contribution is -0.116. The molecule has 1 aromatic carbocycles. The fourth-order valence-corrected chi connectivity index (χ4v) is 7.56. The van der Waals surface area contributed by atoms with Gasteiger partial charge in [0.05, 0.1) is 26.6 Å². The van der Waals surface area contributed by atoms with Crippen molar-refractivity contribution in [2.24, 2.45) is 0 Å². The van der Waals surface area contributed by atoms with Crippen molar-refractivity contribution >= 4 is 56.2 Å². The van der Waals surface area contributed by atoms with Gasteiger partial charge in [-0.3, -0.25) is 4.79 Å². The molecule has 1 aliphatic heterocycles. The summed E-state index contributed by atoms with van der Waals surface area (Å²) in [5.41, 5.74) is 4.04. The number of hydrogen-bond acceptors (Lipinski definition) is 6. The van der Waals surface area contributed by atoms with Crippen LogP contribution in [0.5, 0.6) is 0 Å². The highest BCUT2D eigenvalue weighted by Gasteiger charge is 2.42. The molecule has 2 N–H and O–H groups in total. The number of nitrogens with one attached hydrogen (secondary N) is 1. The molecule has 4 aromatic rings. The highest BCUT2D eigenvalue weighted by atomic mass is 79.9. The van der Waals surface area contributed by atoms with E-state index in [1.54, 1.807) is 45.6 Å². The smallest absolute Gasteiger partial charge is 0.337 e. The molecule has 1 aliphatic carbocycles. The summed E-state index contributed by atoms with van der Waals surface area (Å²) in [6.45, 7) is 1.92. The van der Waals surface area contributed by atoms with Crippen LogP contribution in [0.25, 0.3) is 5.69 Å². The van der Waals surface area contributed by atoms with E-state index in [-0.39, 0.29) is 23.2 Å². The Hall–Kier alpha value is -3.01. The molecule has 0 saturated carbocycles. The Bertz CT molecular complexity index is 1520. The van der Waals surface area contributed by atoms with Crippen molar-refractivity contribution in [3.63, 3.8) is 0 Å². The number of carboxylic acid groups (broad SMARTS) is 1. The van der Waals surface area contributed by atoms with Gasteiger partial charge in [-0.1, -0.05) is 18.2 Å². The first-order valence-corrected chi connectivity index (χ1v) is 13.7. The van der Waals surface area contributed by atoms with E-state index in [9.17, 15) is 14.7 Å². The lowest BCUT2D eigenvalue weighted by Gasteiger charge is -2.35. The SMILES string of the molecule is Cc1nn(-c2ccccc2C(=O)O)c2c1[C@H](c1ccc(Br)s1)C1=C(C[C@H](c3cccs3)CC1=O)N2. The van der Waals surface area contributed by atoms with E-state index >= 15 is 0 Å². The molecule has 2 atom stereocenters. The van der Waals surface area contributed by atoms with E-state index in [4.69, 9.17) is 5.10 Å². The van der Waals surface area contributed by atoms with Crippen molar-refractivity contribution in [3.8, 4) is 5.69 Å². The van der Waals surface area contributed by atoms with Crippen molar-refractivity contribution < 1.29 is 14.7 Å². The zero-order chi connectivity index (χ0) is 24.3. The van der Waals surface area contributed by atoms with Gasteiger partial charge in [-0.2, -0.15) is 5.10 Å². The summed E-state index contributed by atoms with van der Waals surface area (Å²) < 4.78 is 2.68. The Balaban J connectivity index is 1.56. The number of carbonyl (C=O) groups excluding carboxylic acids is 1. The number of carboxylic acids is 1. The van der Waals surface area contributed by atoms with Gasteiger partial charge in [0.15, 0.2) is 5.78 Å². The zero-order valence-electron chi connectivity index (χ0n) is 18.6. The largest absolute Gasteiger partial charge is 0.478 e. The fraction of sp³-hybridized carbons (Fsp3) is 0.192. The van der Waals surface area contributed by atoms with Crippen molar-refractivity contribution in [1.29, 1.82) is 0 Å². The summed E-state index contributed by atoms with van der Waals surface area (Å²) in [6, 6.07) is 15.0. The molecule has 35 heavy (non-hydrogen) atoms. The molecule has 3 aromatic heterocycles. The van der Waals surface area contributed by atoms with Crippen LogP contribution in [-0.4, -0.2) is 26.6 Å². The maximum Gasteiger partial charge on any atom is 0.337 e. The molecule has 0 radical (unpaired) electrons. The molecule has 0 saturated heterocycles. The number of aromatic carboxylic acids is 1. The van der Waals surface area contributed by atoms with Crippen molar-refractivity contribution in [3.05, 3.63) is 95.5 Å². The summed E-state index contributed by atoms with van der Waals surface area (Å²) in [7, 11) is 0. The average molecular weight is 567 g/mol. The number of ketones is 1. The number of benzene rings is 1. The van der Waals surface area contributed by atoms with Crippen LogP contribution in [0.4, 0.5) is 5.82 Å². The molecule has 176 valence electrons.